The fourth-order valence-corrected chi connectivity index (χ4v) is 1.74. The van der Waals surface area contributed by atoms with E-state index in [9.17, 15) is 0 Å². The summed E-state index contributed by atoms with van der Waals surface area (Å²) in [6, 6.07) is 3.96. The van der Waals surface area contributed by atoms with Crippen LogP contribution in [0, 0.1) is 13.8 Å². The molecule has 0 saturated heterocycles. The summed E-state index contributed by atoms with van der Waals surface area (Å²) in [5.74, 6) is 0. The maximum Gasteiger partial charge on any atom is 0.159 e. The maximum absolute atomic E-state index is 5.92. The molecule has 0 fully saturated rings. The van der Waals surface area contributed by atoms with Gasteiger partial charge in [-0.1, -0.05) is 23.2 Å². The number of benzene rings is 1. The quantitative estimate of drug-likeness (QED) is 0.687. The van der Waals surface area contributed by atoms with Crippen molar-refractivity contribution in [3.63, 3.8) is 0 Å². The number of hydrogen-bond donors (Lipinski definition) is 0. The van der Waals surface area contributed by atoms with Crippen molar-refractivity contribution in [3.8, 4) is 0 Å². The topological polar surface area (TPSA) is 25.8 Å². The van der Waals surface area contributed by atoms with E-state index in [-0.39, 0.29) is 0 Å². The molecule has 0 amide bonds. The van der Waals surface area contributed by atoms with Crippen molar-refractivity contribution in [2.24, 2.45) is 0 Å². The fourth-order valence-electron chi connectivity index (χ4n) is 1.35. The SMILES string of the molecule is Cc1cc2c(Cl)nnc(Cl)c2cc1C. The summed E-state index contributed by atoms with van der Waals surface area (Å²) in [4.78, 5) is 0. The van der Waals surface area contributed by atoms with Crippen LogP contribution in [0.15, 0.2) is 12.1 Å². The van der Waals surface area contributed by atoms with Crippen molar-refractivity contribution < 1.29 is 0 Å². The van der Waals surface area contributed by atoms with Crippen LogP contribution in [0.1, 0.15) is 11.1 Å². The molecule has 0 aliphatic rings. The van der Waals surface area contributed by atoms with Crippen molar-refractivity contribution >= 4 is 34.0 Å². The largest absolute Gasteiger partial charge is 0.159 e. The predicted molar refractivity (Wildman–Crippen MR) is 59.0 cm³/mol. The van der Waals surface area contributed by atoms with E-state index in [4.69, 9.17) is 23.2 Å². The summed E-state index contributed by atoms with van der Waals surface area (Å²) in [7, 11) is 0. The minimum absolute atomic E-state index is 0.396. The Balaban J connectivity index is 2.94. The minimum Gasteiger partial charge on any atom is -0.136 e. The van der Waals surface area contributed by atoms with Gasteiger partial charge in [0.2, 0.25) is 0 Å². The third-order valence-electron chi connectivity index (χ3n) is 2.30. The molecular weight excluding hydrogens is 219 g/mol. The highest BCUT2D eigenvalue weighted by Gasteiger charge is 2.07. The molecule has 0 bridgehead atoms. The molecule has 0 saturated carbocycles. The van der Waals surface area contributed by atoms with Gasteiger partial charge in [-0.15, -0.1) is 10.2 Å². The van der Waals surface area contributed by atoms with Gasteiger partial charge in [-0.3, -0.25) is 0 Å². The summed E-state index contributed by atoms with van der Waals surface area (Å²) in [6.07, 6.45) is 0. The van der Waals surface area contributed by atoms with Crippen LogP contribution in [-0.2, 0) is 0 Å². The van der Waals surface area contributed by atoms with E-state index in [1.165, 1.54) is 11.1 Å². The Morgan fingerprint density at radius 1 is 0.857 bits per heavy atom. The number of halogens is 2. The number of hydrogen-bond acceptors (Lipinski definition) is 2. The van der Waals surface area contributed by atoms with Gasteiger partial charge in [0.15, 0.2) is 10.3 Å². The van der Waals surface area contributed by atoms with Gasteiger partial charge in [0.25, 0.3) is 0 Å². The van der Waals surface area contributed by atoms with Gasteiger partial charge in [0, 0.05) is 10.8 Å². The number of nitrogens with zero attached hydrogens (tertiary/aromatic N) is 2. The molecular formula is C10H8Cl2N2. The molecule has 0 aliphatic carbocycles. The van der Waals surface area contributed by atoms with E-state index in [1.807, 2.05) is 26.0 Å². The summed E-state index contributed by atoms with van der Waals surface area (Å²) < 4.78 is 0. The van der Waals surface area contributed by atoms with E-state index < -0.39 is 0 Å². The minimum atomic E-state index is 0.396. The zero-order chi connectivity index (χ0) is 10.3. The normalized spacial score (nSPS) is 10.9. The lowest BCUT2D eigenvalue weighted by Gasteiger charge is -2.05. The van der Waals surface area contributed by atoms with Gasteiger partial charge < -0.3 is 0 Å². The first-order chi connectivity index (χ1) is 6.59. The second-order valence-electron chi connectivity index (χ2n) is 3.26. The highest BCUT2D eigenvalue weighted by atomic mass is 35.5. The molecule has 0 atom stereocenters. The molecule has 4 heteroatoms. The highest BCUT2D eigenvalue weighted by Crippen LogP contribution is 2.28. The molecule has 2 rings (SSSR count). The van der Waals surface area contributed by atoms with Crippen LogP contribution in [-0.4, -0.2) is 10.2 Å². The summed E-state index contributed by atoms with van der Waals surface area (Å²) in [5, 5.41) is 10.0. The Morgan fingerprint density at radius 2 is 1.21 bits per heavy atom. The van der Waals surface area contributed by atoms with Crippen LogP contribution in [0.2, 0.25) is 10.3 Å². The Morgan fingerprint density at radius 3 is 1.57 bits per heavy atom. The molecule has 1 aromatic heterocycles. The maximum atomic E-state index is 5.92. The Labute approximate surface area is 91.9 Å². The van der Waals surface area contributed by atoms with Gasteiger partial charge in [-0.2, -0.15) is 0 Å². The number of rotatable bonds is 0. The van der Waals surface area contributed by atoms with E-state index in [0.717, 1.165) is 10.8 Å². The molecule has 0 aliphatic heterocycles. The van der Waals surface area contributed by atoms with E-state index >= 15 is 0 Å². The van der Waals surface area contributed by atoms with Crippen molar-refractivity contribution in [1.29, 1.82) is 0 Å². The van der Waals surface area contributed by atoms with Crippen molar-refractivity contribution in [2.45, 2.75) is 13.8 Å². The third-order valence-corrected chi connectivity index (χ3v) is 2.86. The standard InChI is InChI=1S/C10H8Cl2N2/c1-5-3-7-8(4-6(5)2)10(12)14-13-9(7)11/h3-4H,1-2H3. The van der Waals surface area contributed by atoms with Crippen molar-refractivity contribution in [2.75, 3.05) is 0 Å². The Kier molecular flexibility index (Phi) is 2.33. The molecule has 14 heavy (non-hydrogen) atoms. The van der Waals surface area contributed by atoms with E-state index in [2.05, 4.69) is 10.2 Å². The Bertz CT molecular complexity index is 462. The highest BCUT2D eigenvalue weighted by molar-refractivity contribution is 6.38. The smallest absolute Gasteiger partial charge is 0.136 e. The third kappa shape index (κ3) is 1.45. The summed E-state index contributed by atoms with van der Waals surface area (Å²) in [5.41, 5.74) is 2.34. The van der Waals surface area contributed by atoms with Gasteiger partial charge in [-0.05, 0) is 37.1 Å². The van der Waals surface area contributed by atoms with E-state index in [1.54, 1.807) is 0 Å². The first-order valence-corrected chi connectivity index (χ1v) is 4.94. The molecule has 1 heterocycles. The van der Waals surface area contributed by atoms with Crippen LogP contribution in [0.25, 0.3) is 10.8 Å². The monoisotopic (exact) mass is 226 g/mol. The Hall–Kier alpha value is -0.860. The molecule has 1 aromatic carbocycles. The van der Waals surface area contributed by atoms with Gasteiger partial charge in [0.1, 0.15) is 0 Å². The number of aryl methyl sites for hydroxylation is 2. The lowest BCUT2D eigenvalue weighted by atomic mass is 10.1. The lowest BCUT2D eigenvalue weighted by Crippen LogP contribution is -1.89. The van der Waals surface area contributed by atoms with Crippen LogP contribution in [0.3, 0.4) is 0 Å². The van der Waals surface area contributed by atoms with Crippen LogP contribution < -0.4 is 0 Å². The molecule has 0 spiro atoms. The van der Waals surface area contributed by atoms with Crippen molar-refractivity contribution in [3.05, 3.63) is 33.6 Å². The number of fused-ring (bicyclic) bond motifs is 1. The van der Waals surface area contributed by atoms with Gasteiger partial charge >= 0.3 is 0 Å². The molecule has 0 radical (unpaired) electrons. The van der Waals surface area contributed by atoms with Crippen LogP contribution >= 0.6 is 23.2 Å². The summed E-state index contributed by atoms with van der Waals surface area (Å²) in [6.45, 7) is 4.05. The molecule has 0 N–H and O–H groups in total. The first kappa shape index (κ1) is 9.69. The average Bonchev–Trinajstić information content (AvgIpc) is 2.15. The molecule has 2 aromatic rings. The molecule has 2 nitrogen and oxygen atoms in total. The first-order valence-electron chi connectivity index (χ1n) is 4.18. The van der Waals surface area contributed by atoms with Gasteiger partial charge in [0.05, 0.1) is 0 Å². The molecule has 72 valence electrons. The van der Waals surface area contributed by atoms with E-state index in [0.29, 0.717) is 10.3 Å². The zero-order valence-corrected chi connectivity index (χ0v) is 9.32. The number of aromatic nitrogens is 2. The average molecular weight is 227 g/mol. The second-order valence-corrected chi connectivity index (χ2v) is 3.98. The van der Waals surface area contributed by atoms with Crippen LogP contribution in [0.5, 0.6) is 0 Å². The van der Waals surface area contributed by atoms with Gasteiger partial charge in [-0.25, -0.2) is 0 Å². The molecule has 0 unspecified atom stereocenters. The zero-order valence-electron chi connectivity index (χ0n) is 7.81. The predicted octanol–water partition coefficient (Wildman–Crippen LogP) is 3.55. The van der Waals surface area contributed by atoms with Crippen molar-refractivity contribution in [1.82, 2.24) is 10.2 Å². The fraction of sp³-hybridized carbons (Fsp3) is 0.200. The summed E-state index contributed by atoms with van der Waals surface area (Å²) >= 11 is 11.8. The lowest BCUT2D eigenvalue weighted by molar-refractivity contribution is 1.05. The van der Waals surface area contributed by atoms with Crippen LogP contribution in [0.4, 0.5) is 0 Å². The second kappa shape index (κ2) is 3.37.